The first kappa shape index (κ1) is 15.2. The van der Waals surface area contributed by atoms with Gasteiger partial charge in [0.2, 0.25) is 5.91 Å². The number of aromatic nitrogens is 2. The Morgan fingerprint density at radius 1 is 1.24 bits per heavy atom. The van der Waals surface area contributed by atoms with Gasteiger partial charge in [-0.05, 0) is 38.1 Å². The summed E-state index contributed by atoms with van der Waals surface area (Å²) in [4.78, 5) is 11.8. The van der Waals surface area contributed by atoms with Gasteiger partial charge in [0, 0.05) is 17.2 Å². The van der Waals surface area contributed by atoms with Crippen molar-refractivity contribution in [3.63, 3.8) is 0 Å². The van der Waals surface area contributed by atoms with Crippen LogP contribution in [0.2, 0.25) is 0 Å². The maximum absolute atomic E-state index is 13.0. The highest BCUT2D eigenvalue weighted by atomic mass is 19.1. The molecular weight excluding hydrogens is 269 g/mol. The molecule has 1 amide bonds. The first-order chi connectivity index (χ1) is 9.90. The molecule has 0 aliphatic rings. The van der Waals surface area contributed by atoms with Crippen molar-refractivity contribution in [1.29, 1.82) is 0 Å². The Morgan fingerprint density at radius 3 is 2.43 bits per heavy atom. The number of hydrogen-bond acceptors (Lipinski definition) is 2. The molecule has 0 aliphatic heterocycles. The van der Waals surface area contributed by atoms with Crippen LogP contribution in [0.15, 0.2) is 30.5 Å². The molecule has 1 aromatic heterocycles. The van der Waals surface area contributed by atoms with E-state index in [-0.39, 0.29) is 23.7 Å². The van der Waals surface area contributed by atoms with E-state index in [0.717, 1.165) is 16.9 Å². The lowest BCUT2D eigenvalue weighted by atomic mass is 10.1. The minimum Gasteiger partial charge on any atom is -0.349 e. The Balaban J connectivity index is 2.24. The molecule has 0 saturated heterocycles. The molecule has 1 aromatic carbocycles. The number of nitrogens with one attached hydrogen (secondary N) is 1. The van der Waals surface area contributed by atoms with Gasteiger partial charge in [-0.15, -0.1) is 0 Å². The molecule has 0 aliphatic carbocycles. The third-order valence-corrected chi connectivity index (χ3v) is 3.47. The van der Waals surface area contributed by atoms with E-state index in [1.807, 2.05) is 27.7 Å². The third-order valence-electron chi connectivity index (χ3n) is 3.47. The van der Waals surface area contributed by atoms with E-state index in [4.69, 9.17) is 0 Å². The fourth-order valence-corrected chi connectivity index (χ4v) is 2.15. The highest BCUT2D eigenvalue weighted by Gasteiger charge is 2.17. The van der Waals surface area contributed by atoms with Crippen molar-refractivity contribution in [2.24, 2.45) is 5.92 Å². The molecule has 5 heteroatoms. The Labute approximate surface area is 124 Å². The molecule has 1 atom stereocenters. The minimum atomic E-state index is -0.277. The van der Waals surface area contributed by atoms with E-state index >= 15 is 0 Å². The van der Waals surface area contributed by atoms with Gasteiger partial charge in [-0.1, -0.05) is 13.8 Å². The minimum absolute atomic E-state index is 0.0106. The number of rotatable bonds is 4. The number of carbonyl (C=O) groups excluding carboxylic acids is 1. The zero-order valence-electron chi connectivity index (χ0n) is 12.7. The molecule has 21 heavy (non-hydrogen) atoms. The maximum atomic E-state index is 13.0. The highest BCUT2D eigenvalue weighted by molar-refractivity contribution is 5.78. The predicted octanol–water partition coefficient (Wildman–Crippen LogP) is 3.15. The van der Waals surface area contributed by atoms with Crippen LogP contribution in [0.25, 0.3) is 5.69 Å². The normalized spacial score (nSPS) is 12.5. The largest absolute Gasteiger partial charge is 0.349 e. The van der Waals surface area contributed by atoms with E-state index in [0.29, 0.717) is 0 Å². The van der Waals surface area contributed by atoms with Crippen LogP contribution in [-0.2, 0) is 4.79 Å². The zero-order valence-corrected chi connectivity index (χ0v) is 12.7. The lowest BCUT2D eigenvalue weighted by molar-refractivity contribution is -0.124. The topological polar surface area (TPSA) is 46.9 Å². The monoisotopic (exact) mass is 289 g/mol. The summed E-state index contributed by atoms with van der Waals surface area (Å²) in [5, 5.41) is 7.29. The Hall–Kier alpha value is -2.17. The Morgan fingerprint density at radius 2 is 1.86 bits per heavy atom. The van der Waals surface area contributed by atoms with E-state index in [9.17, 15) is 9.18 Å². The van der Waals surface area contributed by atoms with E-state index in [2.05, 4.69) is 10.4 Å². The maximum Gasteiger partial charge on any atom is 0.223 e. The summed E-state index contributed by atoms with van der Waals surface area (Å²) in [5.74, 6) is -0.322. The molecule has 112 valence electrons. The summed E-state index contributed by atoms with van der Waals surface area (Å²) in [6.45, 7) is 7.58. The molecule has 1 N–H and O–H groups in total. The predicted molar refractivity (Wildman–Crippen MR) is 79.7 cm³/mol. The lowest BCUT2D eigenvalue weighted by Gasteiger charge is -2.15. The molecule has 0 saturated carbocycles. The molecule has 0 spiro atoms. The molecule has 0 bridgehead atoms. The van der Waals surface area contributed by atoms with Crippen LogP contribution in [0.3, 0.4) is 0 Å². The van der Waals surface area contributed by atoms with Gasteiger partial charge in [0.05, 0.1) is 17.9 Å². The fourth-order valence-electron chi connectivity index (χ4n) is 2.15. The summed E-state index contributed by atoms with van der Waals surface area (Å²) in [7, 11) is 0. The van der Waals surface area contributed by atoms with Crippen LogP contribution in [0.1, 0.15) is 38.1 Å². The van der Waals surface area contributed by atoms with Crippen LogP contribution in [0, 0.1) is 18.7 Å². The summed E-state index contributed by atoms with van der Waals surface area (Å²) in [6, 6.07) is 6.04. The van der Waals surface area contributed by atoms with Gasteiger partial charge >= 0.3 is 0 Å². The van der Waals surface area contributed by atoms with Gasteiger partial charge in [0.25, 0.3) is 0 Å². The second-order valence-corrected chi connectivity index (χ2v) is 5.46. The van der Waals surface area contributed by atoms with Crippen LogP contribution in [0.4, 0.5) is 4.39 Å². The first-order valence-electron chi connectivity index (χ1n) is 7.01. The molecule has 1 unspecified atom stereocenters. The molecule has 1 heterocycles. The Bertz CT molecular complexity index is 631. The molecule has 0 fully saturated rings. The summed E-state index contributed by atoms with van der Waals surface area (Å²) in [6.07, 6.45) is 1.74. The van der Waals surface area contributed by atoms with Crippen molar-refractivity contribution in [2.75, 3.05) is 0 Å². The van der Waals surface area contributed by atoms with Gasteiger partial charge in [-0.25, -0.2) is 9.07 Å². The highest BCUT2D eigenvalue weighted by Crippen LogP contribution is 2.20. The quantitative estimate of drug-likeness (QED) is 0.940. The van der Waals surface area contributed by atoms with Crippen LogP contribution in [-0.4, -0.2) is 15.7 Å². The summed E-state index contributed by atoms with van der Waals surface area (Å²) in [5.41, 5.74) is 2.68. The number of halogens is 1. The summed E-state index contributed by atoms with van der Waals surface area (Å²) >= 11 is 0. The van der Waals surface area contributed by atoms with Gasteiger partial charge in [-0.2, -0.15) is 5.10 Å². The molecule has 0 radical (unpaired) electrons. The summed E-state index contributed by atoms with van der Waals surface area (Å²) < 4.78 is 14.7. The average Bonchev–Trinajstić information content (AvgIpc) is 2.81. The average molecular weight is 289 g/mol. The Kier molecular flexibility index (Phi) is 4.40. The van der Waals surface area contributed by atoms with Crippen LogP contribution < -0.4 is 5.32 Å². The van der Waals surface area contributed by atoms with Crippen molar-refractivity contribution in [3.8, 4) is 5.69 Å². The molecule has 2 aromatic rings. The molecular formula is C16H20FN3O. The number of carbonyl (C=O) groups is 1. The van der Waals surface area contributed by atoms with E-state index < -0.39 is 0 Å². The van der Waals surface area contributed by atoms with Gasteiger partial charge in [-0.3, -0.25) is 4.79 Å². The molecule has 2 rings (SSSR count). The second-order valence-electron chi connectivity index (χ2n) is 5.46. The van der Waals surface area contributed by atoms with Crippen molar-refractivity contribution in [2.45, 2.75) is 33.7 Å². The standard InChI is InChI=1S/C16H20FN3O/c1-10(2)16(21)19-11(3)15-9-18-20(12(15)4)14-7-5-13(17)6-8-14/h5-11H,1-4H3,(H,19,21). The van der Waals surface area contributed by atoms with Gasteiger partial charge in [0.1, 0.15) is 5.82 Å². The number of hydrogen-bond donors (Lipinski definition) is 1. The van der Waals surface area contributed by atoms with Crippen molar-refractivity contribution in [3.05, 3.63) is 47.5 Å². The van der Waals surface area contributed by atoms with Crippen molar-refractivity contribution in [1.82, 2.24) is 15.1 Å². The number of nitrogens with zero attached hydrogens (tertiary/aromatic N) is 2. The number of benzene rings is 1. The van der Waals surface area contributed by atoms with Crippen LogP contribution >= 0.6 is 0 Å². The van der Waals surface area contributed by atoms with Gasteiger partial charge in [0.15, 0.2) is 0 Å². The smallest absolute Gasteiger partial charge is 0.223 e. The first-order valence-corrected chi connectivity index (χ1v) is 7.01. The van der Waals surface area contributed by atoms with E-state index in [1.165, 1.54) is 12.1 Å². The second kappa shape index (κ2) is 6.08. The SMILES string of the molecule is Cc1c(C(C)NC(=O)C(C)C)cnn1-c1ccc(F)cc1. The van der Waals surface area contributed by atoms with Crippen LogP contribution in [0.5, 0.6) is 0 Å². The molecule has 4 nitrogen and oxygen atoms in total. The third kappa shape index (κ3) is 3.29. The van der Waals surface area contributed by atoms with Crippen molar-refractivity contribution < 1.29 is 9.18 Å². The van der Waals surface area contributed by atoms with Crippen molar-refractivity contribution >= 4 is 5.91 Å². The fraction of sp³-hybridized carbons (Fsp3) is 0.375. The van der Waals surface area contributed by atoms with E-state index in [1.54, 1.807) is 23.0 Å². The van der Waals surface area contributed by atoms with Gasteiger partial charge < -0.3 is 5.32 Å². The number of amides is 1. The lowest BCUT2D eigenvalue weighted by Crippen LogP contribution is -2.30. The zero-order chi connectivity index (χ0) is 15.6.